The van der Waals surface area contributed by atoms with Crippen LogP contribution < -0.4 is 0 Å². The van der Waals surface area contributed by atoms with E-state index in [0.29, 0.717) is 6.42 Å². The monoisotopic (exact) mass is 166 g/mol. The number of hydrogen-bond donors (Lipinski definition) is 0. The molecule has 0 N–H and O–H groups in total. The maximum absolute atomic E-state index is 10.4. The first-order valence-corrected chi connectivity index (χ1v) is 3.11. The maximum atomic E-state index is 10.4. The molecule has 0 aliphatic carbocycles. The molecule has 0 saturated carbocycles. The zero-order valence-corrected chi connectivity index (χ0v) is 6.18. The van der Waals surface area contributed by atoms with Crippen LogP contribution in [0.4, 0.5) is 4.79 Å². The number of halogens is 1. The Labute approximate surface area is 63.0 Å². The lowest BCUT2D eigenvalue weighted by Gasteiger charge is -1.96. The summed E-state index contributed by atoms with van der Waals surface area (Å²) in [6.45, 7) is 1.80. The molecule has 0 saturated heterocycles. The molecule has 0 spiro atoms. The van der Waals surface area contributed by atoms with E-state index in [4.69, 9.17) is 0 Å². The first kappa shape index (κ1) is 9.23. The van der Waals surface area contributed by atoms with Gasteiger partial charge in [0.2, 0.25) is 0 Å². The van der Waals surface area contributed by atoms with Gasteiger partial charge in [-0.25, -0.2) is 19.4 Å². The Morgan fingerprint density at radius 1 is 1.40 bits per heavy atom. The van der Waals surface area contributed by atoms with Crippen LogP contribution >= 0.6 is 11.6 Å². The topological polar surface area (TPSA) is 52.6 Å². The van der Waals surface area contributed by atoms with Gasteiger partial charge in [0.1, 0.15) is 0 Å². The molecule has 0 aromatic carbocycles. The average Bonchev–Trinajstić information content (AvgIpc) is 1.85. The molecule has 0 aliphatic rings. The summed E-state index contributed by atoms with van der Waals surface area (Å²) < 4.78 is 0. The zero-order valence-electron chi connectivity index (χ0n) is 5.43. The fraction of sp³-hybridized carbons (Fsp3) is 0.600. The number of rotatable bonds is 2. The van der Waals surface area contributed by atoms with Crippen LogP contribution in [-0.2, 0) is 14.6 Å². The van der Waals surface area contributed by atoms with E-state index in [2.05, 4.69) is 21.4 Å². The van der Waals surface area contributed by atoms with E-state index in [9.17, 15) is 9.59 Å². The zero-order chi connectivity index (χ0) is 7.98. The SMILES string of the molecule is CCCC(=O)OOC(=O)Cl. The maximum Gasteiger partial charge on any atom is 0.448 e. The molecule has 0 aromatic rings. The number of carbonyl (C=O) groups is 2. The van der Waals surface area contributed by atoms with Gasteiger partial charge in [0.15, 0.2) is 0 Å². The third-order valence-corrected chi connectivity index (χ3v) is 0.717. The molecule has 0 heterocycles. The third kappa shape index (κ3) is 5.37. The van der Waals surface area contributed by atoms with Gasteiger partial charge in [0.25, 0.3) is 0 Å². The van der Waals surface area contributed by atoms with Gasteiger partial charge in [-0.05, 0) is 6.42 Å². The Kier molecular flexibility index (Phi) is 4.66. The summed E-state index contributed by atoms with van der Waals surface area (Å²) in [5.41, 5.74) is -1.15. The summed E-state index contributed by atoms with van der Waals surface area (Å²) in [4.78, 5) is 27.9. The van der Waals surface area contributed by atoms with E-state index >= 15 is 0 Å². The lowest BCUT2D eigenvalue weighted by Crippen LogP contribution is -2.05. The lowest BCUT2D eigenvalue weighted by atomic mass is 10.3. The van der Waals surface area contributed by atoms with Crippen molar-refractivity contribution in [1.82, 2.24) is 0 Å². The second kappa shape index (κ2) is 5.05. The summed E-state index contributed by atoms with van der Waals surface area (Å²) >= 11 is 4.68. The van der Waals surface area contributed by atoms with E-state index in [0.717, 1.165) is 0 Å². The Morgan fingerprint density at radius 3 is 2.40 bits per heavy atom. The molecule has 0 fully saturated rings. The predicted octanol–water partition coefficient (Wildman–Crippen LogP) is 1.62. The molecule has 0 radical (unpaired) electrons. The van der Waals surface area contributed by atoms with Crippen LogP contribution in [0.25, 0.3) is 0 Å². The minimum atomic E-state index is -1.15. The van der Waals surface area contributed by atoms with Crippen LogP contribution in [0.15, 0.2) is 0 Å². The molecule has 5 heteroatoms. The Balaban J connectivity index is 3.30. The minimum Gasteiger partial charge on any atom is -0.247 e. The van der Waals surface area contributed by atoms with Gasteiger partial charge in [0, 0.05) is 18.0 Å². The third-order valence-electron chi connectivity index (χ3n) is 0.654. The van der Waals surface area contributed by atoms with Crippen LogP contribution in [0.3, 0.4) is 0 Å². The molecule has 0 rings (SSSR count). The number of hydrogen-bond acceptors (Lipinski definition) is 4. The van der Waals surface area contributed by atoms with Crippen molar-refractivity contribution in [3.63, 3.8) is 0 Å². The van der Waals surface area contributed by atoms with Gasteiger partial charge in [-0.3, -0.25) is 0 Å². The first-order valence-electron chi connectivity index (χ1n) is 2.73. The van der Waals surface area contributed by atoms with Crippen molar-refractivity contribution in [1.29, 1.82) is 0 Å². The van der Waals surface area contributed by atoms with Crippen molar-refractivity contribution in [3.8, 4) is 0 Å². The van der Waals surface area contributed by atoms with E-state index in [1.54, 1.807) is 6.92 Å². The van der Waals surface area contributed by atoms with Gasteiger partial charge in [-0.15, -0.1) is 0 Å². The molecule has 0 aromatic heterocycles. The smallest absolute Gasteiger partial charge is 0.247 e. The molecule has 10 heavy (non-hydrogen) atoms. The van der Waals surface area contributed by atoms with Crippen LogP contribution in [0.2, 0.25) is 0 Å². The molecule has 58 valence electrons. The Bertz CT molecular complexity index is 134. The molecule has 4 nitrogen and oxygen atoms in total. The highest BCUT2D eigenvalue weighted by Gasteiger charge is 2.04. The molecular weight excluding hydrogens is 160 g/mol. The van der Waals surface area contributed by atoms with E-state index in [1.807, 2.05) is 0 Å². The highest BCUT2D eigenvalue weighted by atomic mass is 35.5. The van der Waals surface area contributed by atoms with E-state index in [-0.39, 0.29) is 6.42 Å². The van der Waals surface area contributed by atoms with Crippen molar-refractivity contribution in [3.05, 3.63) is 0 Å². The molecule has 0 bridgehead atoms. The highest BCUT2D eigenvalue weighted by Crippen LogP contribution is 1.94. The fourth-order valence-corrected chi connectivity index (χ4v) is 0.357. The highest BCUT2D eigenvalue weighted by molar-refractivity contribution is 6.61. The molecule has 0 unspecified atom stereocenters. The van der Waals surface area contributed by atoms with Gasteiger partial charge in [0.05, 0.1) is 0 Å². The quantitative estimate of drug-likeness (QED) is 0.355. The van der Waals surface area contributed by atoms with Crippen LogP contribution in [0, 0.1) is 0 Å². The first-order chi connectivity index (χ1) is 4.66. The van der Waals surface area contributed by atoms with Crippen molar-refractivity contribution < 1.29 is 19.4 Å². The van der Waals surface area contributed by atoms with E-state index in [1.165, 1.54) is 0 Å². The van der Waals surface area contributed by atoms with Crippen LogP contribution in [-0.4, -0.2) is 11.4 Å². The summed E-state index contributed by atoms with van der Waals surface area (Å²) in [6, 6.07) is 0. The van der Waals surface area contributed by atoms with Gasteiger partial charge in [-0.2, -0.15) is 0 Å². The molecule has 0 amide bonds. The van der Waals surface area contributed by atoms with Crippen molar-refractivity contribution in [2.24, 2.45) is 0 Å². The van der Waals surface area contributed by atoms with Gasteiger partial charge < -0.3 is 0 Å². The largest absolute Gasteiger partial charge is 0.448 e. The minimum absolute atomic E-state index is 0.212. The average molecular weight is 167 g/mol. The molecule has 0 aliphatic heterocycles. The van der Waals surface area contributed by atoms with Gasteiger partial charge in [-0.1, -0.05) is 6.92 Å². The molecular formula is C5H7ClO4. The number of carbonyl (C=O) groups excluding carboxylic acids is 2. The second-order valence-corrected chi connectivity index (χ2v) is 1.83. The summed E-state index contributed by atoms with van der Waals surface area (Å²) in [5, 5.41) is 0. The summed E-state index contributed by atoms with van der Waals surface area (Å²) in [5.74, 6) is -0.600. The van der Waals surface area contributed by atoms with Gasteiger partial charge >= 0.3 is 11.4 Å². The van der Waals surface area contributed by atoms with Crippen molar-refractivity contribution >= 4 is 23.0 Å². The predicted molar refractivity (Wildman–Crippen MR) is 33.3 cm³/mol. The molecule has 0 atom stereocenters. The Morgan fingerprint density at radius 2 is 2.00 bits per heavy atom. The lowest BCUT2D eigenvalue weighted by molar-refractivity contribution is -0.227. The standard InChI is InChI=1S/C5H7ClO4/c1-2-3-4(7)9-10-5(6)8/h2-3H2,1H3. The second-order valence-electron chi connectivity index (χ2n) is 1.53. The summed E-state index contributed by atoms with van der Waals surface area (Å²) in [7, 11) is 0. The fourth-order valence-electron chi connectivity index (χ4n) is 0.325. The van der Waals surface area contributed by atoms with Crippen molar-refractivity contribution in [2.45, 2.75) is 19.8 Å². The normalized spacial score (nSPS) is 8.60. The van der Waals surface area contributed by atoms with Crippen LogP contribution in [0.1, 0.15) is 19.8 Å². The van der Waals surface area contributed by atoms with Crippen molar-refractivity contribution in [2.75, 3.05) is 0 Å². The Hall–Kier alpha value is -0.770. The summed E-state index contributed by atoms with van der Waals surface area (Å²) in [6.07, 6.45) is 0.850. The van der Waals surface area contributed by atoms with Crippen LogP contribution in [0.5, 0.6) is 0 Å². The van der Waals surface area contributed by atoms with E-state index < -0.39 is 11.4 Å².